The third kappa shape index (κ3) is 2.44. The van der Waals surface area contributed by atoms with Crippen LogP contribution in [-0.2, 0) is 6.42 Å². The standard InChI is InChI=1S/C11H11BrClN3/c1-2-3-10-14-11(16-15-10)8-5-4-7(12)6-9(8)13/h4-6H,2-3H2,1H3,(H,14,15,16). The van der Waals surface area contributed by atoms with Crippen molar-refractivity contribution in [2.24, 2.45) is 0 Å². The van der Waals surface area contributed by atoms with Gasteiger partial charge in [0.05, 0.1) is 5.02 Å². The first-order valence-electron chi connectivity index (χ1n) is 5.07. The van der Waals surface area contributed by atoms with Crippen molar-refractivity contribution in [3.8, 4) is 11.4 Å². The minimum Gasteiger partial charge on any atom is -0.263 e. The Morgan fingerprint density at radius 2 is 2.25 bits per heavy atom. The Morgan fingerprint density at radius 1 is 1.44 bits per heavy atom. The number of nitrogens with one attached hydrogen (secondary N) is 1. The highest BCUT2D eigenvalue weighted by Crippen LogP contribution is 2.28. The molecule has 0 atom stereocenters. The lowest BCUT2D eigenvalue weighted by molar-refractivity contribution is 0.841. The molecular weight excluding hydrogens is 289 g/mol. The number of hydrogen-bond acceptors (Lipinski definition) is 2. The van der Waals surface area contributed by atoms with E-state index in [1.807, 2.05) is 18.2 Å². The van der Waals surface area contributed by atoms with Gasteiger partial charge in [-0.05, 0) is 24.6 Å². The van der Waals surface area contributed by atoms with Gasteiger partial charge in [-0.15, -0.1) is 0 Å². The number of aryl methyl sites for hydroxylation is 1. The molecule has 0 spiro atoms. The minimum atomic E-state index is 0.649. The Kier molecular flexibility index (Phi) is 3.61. The molecule has 0 unspecified atom stereocenters. The number of nitrogens with zero attached hydrogens (tertiary/aromatic N) is 2. The van der Waals surface area contributed by atoms with Crippen LogP contribution < -0.4 is 0 Å². The molecule has 16 heavy (non-hydrogen) atoms. The molecule has 0 amide bonds. The van der Waals surface area contributed by atoms with Crippen molar-refractivity contribution in [1.82, 2.24) is 15.2 Å². The summed E-state index contributed by atoms with van der Waals surface area (Å²) in [5.74, 6) is 1.55. The Labute approximate surface area is 107 Å². The van der Waals surface area contributed by atoms with Gasteiger partial charge in [0.2, 0.25) is 0 Å². The van der Waals surface area contributed by atoms with Crippen LogP contribution >= 0.6 is 27.5 Å². The van der Waals surface area contributed by atoms with E-state index in [9.17, 15) is 0 Å². The van der Waals surface area contributed by atoms with E-state index in [4.69, 9.17) is 11.6 Å². The Morgan fingerprint density at radius 3 is 2.94 bits per heavy atom. The second-order valence-corrected chi connectivity index (χ2v) is 4.80. The predicted octanol–water partition coefficient (Wildman–Crippen LogP) is 3.84. The molecule has 84 valence electrons. The minimum absolute atomic E-state index is 0.649. The van der Waals surface area contributed by atoms with Crippen LogP contribution in [0.25, 0.3) is 11.4 Å². The predicted molar refractivity (Wildman–Crippen MR) is 68.5 cm³/mol. The molecule has 1 N–H and O–H groups in total. The lowest BCUT2D eigenvalue weighted by Gasteiger charge is -1.99. The van der Waals surface area contributed by atoms with Crippen LogP contribution in [0.4, 0.5) is 0 Å². The highest BCUT2D eigenvalue weighted by Gasteiger charge is 2.09. The maximum atomic E-state index is 6.13. The highest BCUT2D eigenvalue weighted by atomic mass is 79.9. The third-order valence-electron chi connectivity index (χ3n) is 2.19. The second-order valence-electron chi connectivity index (χ2n) is 3.48. The van der Waals surface area contributed by atoms with Gasteiger partial charge < -0.3 is 0 Å². The Balaban J connectivity index is 2.35. The number of rotatable bonds is 3. The molecule has 1 aromatic carbocycles. The zero-order valence-electron chi connectivity index (χ0n) is 8.80. The lowest BCUT2D eigenvalue weighted by Crippen LogP contribution is -1.85. The van der Waals surface area contributed by atoms with E-state index in [2.05, 4.69) is 38.0 Å². The van der Waals surface area contributed by atoms with Crippen molar-refractivity contribution in [3.05, 3.63) is 33.5 Å². The van der Waals surface area contributed by atoms with E-state index in [0.29, 0.717) is 10.8 Å². The normalized spacial score (nSPS) is 10.7. The zero-order valence-corrected chi connectivity index (χ0v) is 11.1. The summed E-state index contributed by atoms with van der Waals surface area (Å²) < 4.78 is 0.950. The van der Waals surface area contributed by atoms with E-state index in [-0.39, 0.29) is 0 Å². The van der Waals surface area contributed by atoms with Crippen molar-refractivity contribution in [2.75, 3.05) is 0 Å². The fraction of sp³-hybridized carbons (Fsp3) is 0.273. The van der Waals surface area contributed by atoms with Crippen LogP contribution in [0, 0.1) is 0 Å². The Bertz CT molecular complexity index is 496. The quantitative estimate of drug-likeness (QED) is 0.935. The summed E-state index contributed by atoms with van der Waals surface area (Å²) >= 11 is 9.49. The second kappa shape index (κ2) is 4.97. The zero-order chi connectivity index (χ0) is 11.5. The highest BCUT2D eigenvalue weighted by molar-refractivity contribution is 9.10. The molecule has 0 aliphatic rings. The fourth-order valence-corrected chi connectivity index (χ4v) is 2.19. The monoisotopic (exact) mass is 299 g/mol. The summed E-state index contributed by atoms with van der Waals surface area (Å²) in [7, 11) is 0. The van der Waals surface area contributed by atoms with Crippen LogP contribution in [0.1, 0.15) is 19.2 Å². The molecule has 0 aliphatic carbocycles. The van der Waals surface area contributed by atoms with Crippen molar-refractivity contribution in [1.29, 1.82) is 0 Å². The maximum absolute atomic E-state index is 6.13. The molecule has 0 fully saturated rings. The molecule has 0 aliphatic heterocycles. The van der Waals surface area contributed by atoms with E-state index in [0.717, 1.165) is 28.7 Å². The van der Waals surface area contributed by atoms with Gasteiger partial charge in [-0.25, -0.2) is 4.98 Å². The van der Waals surface area contributed by atoms with Crippen molar-refractivity contribution < 1.29 is 0 Å². The summed E-state index contributed by atoms with van der Waals surface area (Å²) in [6.45, 7) is 2.11. The van der Waals surface area contributed by atoms with Gasteiger partial charge >= 0.3 is 0 Å². The largest absolute Gasteiger partial charge is 0.263 e. The number of halogens is 2. The number of H-pyrrole nitrogens is 1. The summed E-state index contributed by atoms with van der Waals surface area (Å²) in [4.78, 5) is 4.39. The average Bonchev–Trinajstić information content (AvgIpc) is 2.67. The number of aromatic amines is 1. The molecule has 0 bridgehead atoms. The molecule has 0 radical (unpaired) electrons. The number of aromatic nitrogens is 3. The van der Waals surface area contributed by atoms with Crippen LogP contribution in [0.2, 0.25) is 5.02 Å². The van der Waals surface area contributed by atoms with Gasteiger partial charge in [-0.1, -0.05) is 34.5 Å². The molecule has 1 aromatic heterocycles. The summed E-state index contributed by atoms with van der Waals surface area (Å²) in [6.07, 6.45) is 1.95. The first-order valence-corrected chi connectivity index (χ1v) is 6.24. The van der Waals surface area contributed by atoms with Crippen LogP contribution in [0.3, 0.4) is 0 Å². The summed E-state index contributed by atoms with van der Waals surface area (Å²) in [5.41, 5.74) is 0.850. The SMILES string of the molecule is CCCc1nc(-c2ccc(Br)cc2Cl)n[nH]1. The summed E-state index contributed by atoms with van der Waals surface area (Å²) in [5, 5.41) is 7.72. The van der Waals surface area contributed by atoms with Gasteiger partial charge in [-0.3, -0.25) is 5.10 Å². The van der Waals surface area contributed by atoms with Crippen molar-refractivity contribution in [3.63, 3.8) is 0 Å². The molecule has 0 saturated heterocycles. The lowest BCUT2D eigenvalue weighted by atomic mass is 10.2. The van der Waals surface area contributed by atoms with Crippen molar-refractivity contribution in [2.45, 2.75) is 19.8 Å². The topological polar surface area (TPSA) is 41.6 Å². The smallest absolute Gasteiger partial charge is 0.182 e. The summed E-state index contributed by atoms with van der Waals surface area (Å²) in [6, 6.07) is 5.68. The van der Waals surface area contributed by atoms with Crippen LogP contribution in [0.15, 0.2) is 22.7 Å². The van der Waals surface area contributed by atoms with Gasteiger partial charge in [-0.2, -0.15) is 5.10 Å². The Hall–Kier alpha value is -0.870. The molecule has 1 heterocycles. The van der Waals surface area contributed by atoms with Gasteiger partial charge in [0.1, 0.15) is 5.82 Å². The molecule has 2 rings (SSSR count). The van der Waals surface area contributed by atoms with E-state index in [1.54, 1.807) is 0 Å². The molecule has 3 nitrogen and oxygen atoms in total. The first kappa shape index (κ1) is 11.6. The molecular formula is C11H11BrClN3. The van der Waals surface area contributed by atoms with Gasteiger partial charge in [0.15, 0.2) is 5.82 Å². The van der Waals surface area contributed by atoms with E-state index >= 15 is 0 Å². The number of hydrogen-bond donors (Lipinski definition) is 1. The van der Waals surface area contributed by atoms with E-state index in [1.165, 1.54) is 0 Å². The number of benzene rings is 1. The first-order chi connectivity index (χ1) is 7.70. The van der Waals surface area contributed by atoms with Crippen LogP contribution in [-0.4, -0.2) is 15.2 Å². The van der Waals surface area contributed by atoms with Crippen molar-refractivity contribution >= 4 is 27.5 Å². The van der Waals surface area contributed by atoms with Gasteiger partial charge in [0.25, 0.3) is 0 Å². The average molecular weight is 301 g/mol. The third-order valence-corrected chi connectivity index (χ3v) is 3.00. The van der Waals surface area contributed by atoms with Gasteiger partial charge in [0, 0.05) is 16.5 Å². The molecule has 5 heteroatoms. The van der Waals surface area contributed by atoms with Crippen LogP contribution in [0.5, 0.6) is 0 Å². The molecule has 2 aromatic rings. The molecule has 0 saturated carbocycles. The maximum Gasteiger partial charge on any atom is 0.182 e. The fourth-order valence-electron chi connectivity index (χ4n) is 1.44. The van der Waals surface area contributed by atoms with E-state index < -0.39 is 0 Å².